The number of hydrogen-bond acceptors (Lipinski definition) is 6. The summed E-state index contributed by atoms with van der Waals surface area (Å²) in [6.45, 7) is 7.03. The number of sulfonamides is 1. The molecule has 3 rings (SSSR count). The molecule has 0 aromatic heterocycles. The zero-order valence-corrected chi connectivity index (χ0v) is 19.4. The van der Waals surface area contributed by atoms with Gasteiger partial charge >= 0.3 is 0 Å². The van der Waals surface area contributed by atoms with Gasteiger partial charge in [-0.1, -0.05) is 30.3 Å². The Morgan fingerprint density at radius 3 is 2.44 bits per heavy atom. The molecule has 1 aliphatic heterocycles. The molecule has 174 valence electrons. The summed E-state index contributed by atoms with van der Waals surface area (Å²) in [4.78, 5) is 14.8. The van der Waals surface area contributed by atoms with Crippen molar-refractivity contribution < 1.29 is 22.7 Å². The molecule has 9 heteroatoms. The second kappa shape index (κ2) is 11.4. The maximum absolute atomic E-state index is 13.1. The molecule has 1 saturated heterocycles. The van der Waals surface area contributed by atoms with Gasteiger partial charge in [0, 0.05) is 26.2 Å². The largest absolute Gasteiger partial charge is 0.379 e. The summed E-state index contributed by atoms with van der Waals surface area (Å²) in [5.74, 6) is -0.338. The van der Waals surface area contributed by atoms with Crippen molar-refractivity contribution in [1.29, 1.82) is 0 Å². The van der Waals surface area contributed by atoms with Crippen LogP contribution in [0.2, 0.25) is 0 Å². The van der Waals surface area contributed by atoms with Crippen molar-refractivity contribution in [3.8, 4) is 0 Å². The van der Waals surface area contributed by atoms with Crippen LogP contribution in [0, 0.1) is 0 Å². The first kappa shape index (κ1) is 24.2. The molecule has 0 unspecified atom stereocenters. The third-order valence-corrected chi connectivity index (χ3v) is 7.19. The number of nitrogens with zero attached hydrogens (tertiary/aromatic N) is 2. The standard InChI is InChI=1S/C23H31N3O5S/c1-3-25(4-2)22-11-10-20(32(28,29)26-12-14-30-15-13-26)16-21(22)24-23(27)18-31-17-19-8-6-5-7-9-19/h5-11,16H,3-4,12-15,17-18H2,1-2H3,(H,24,27). The number of anilines is 2. The summed E-state index contributed by atoms with van der Waals surface area (Å²) < 4.78 is 38.4. The monoisotopic (exact) mass is 461 g/mol. The number of ether oxygens (including phenoxy) is 2. The summed E-state index contributed by atoms with van der Waals surface area (Å²) in [6, 6.07) is 14.5. The summed E-state index contributed by atoms with van der Waals surface area (Å²) in [5.41, 5.74) is 2.20. The summed E-state index contributed by atoms with van der Waals surface area (Å²) in [7, 11) is -3.68. The Balaban J connectivity index is 1.77. The second-order valence-corrected chi connectivity index (χ2v) is 9.33. The van der Waals surface area contributed by atoms with Crippen LogP contribution in [-0.2, 0) is 30.9 Å². The minimum Gasteiger partial charge on any atom is -0.379 e. The van der Waals surface area contributed by atoms with E-state index in [9.17, 15) is 13.2 Å². The molecule has 0 aliphatic carbocycles. The topological polar surface area (TPSA) is 88.2 Å². The van der Waals surface area contributed by atoms with Crippen LogP contribution in [-0.4, -0.2) is 64.6 Å². The van der Waals surface area contributed by atoms with Crippen molar-refractivity contribution in [3.05, 3.63) is 54.1 Å². The Morgan fingerprint density at radius 1 is 1.09 bits per heavy atom. The Kier molecular flexibility index (Phi) is 8.63. The lowest BCUT2D eigenvalue weighted by Gasteiger charge is -2.28. The summed E-state index contributed by atoms with van der Waals surface area (Å²) >= 11 is 0. The van der Waals surface area contributed by atoms with Crippen LogP contribution in [0.5, 0.6) is 0 Å². The molecule has 0 atom stereocenters. The van der Waals surface area contributed by atoms with Gasteiger partial charge in [-0.05, 0) is 37.6 Å². The van der Waals surface area contributed by atoms with E-state index in [-0.39, 0.29) is 17.4 Å². The highest BCUT2D eigenvalue weighted by atomic mass is 32.2. The van der Waals surface area contributed by atoms with E-state index in [0.717, 1.165) is 24.3 Å². The summed E-state index contributed by atoms with van der Waals surface area (Å²) in [5, 5.41) is 2.85. The van der Waals surface area contributed by atoms with Gasteiger partial charge in [0.05, 0.1) is 36.1 Å². The fourth-order valence-corrected chi connectivity index (χ4v) is 5.01. The summed E-state index contributed by atoms with van der Waals surface area (Å²) in [6.07, 6.45) is 0. The molecule has 2 aromatic carbocycles. The van der Waals surface area contributed by atoms with Gasteiger partial charge in [-0.25, -0.2) is 8.42 Å². The number of hydrogen-bond donors (Lipinski definition) is 1. The van der Waals surface area contributed by atoms with Crippen molar-refractivity contribution >= 4 is 27.3 Å². The lowest BCUT2D eigenvalue weighted by atomic mass is 10.2. The van der Waals surface area contributed by atoms with Crippen LogP contribution in [0.4, 0.5) is 11.4 Å². The third-order valence-electron chi connectivity index (χ3n) is 5.30. The first-order valence-corrected chi connectivity index (χ1v) is 12.3. The molecular weight excluding hydrogens is 430 g/mol. The zero-order chi connectivity index (χ0) is 23.0. The molecule has 2 aromatic rings. The number of amides is 1. The van der Waals surface area contributed by atoms with Crippen molar-refractivity contribution in [2.45, 2.75) is 25.3 Å². The van der Waals surface area contributed by atoms with E-state index in [4.69, 9.17) is 9.47 Å². The smallest absolute Gasteiger partial charge is 0.250 e. The third kappa shape index (κ3) is 6.07. The number of nitrogens with one attached hydrogen (secondary N) is 1. The molecule has 0 bridgehead atoms. The van der Waals surface area contributed by atoms with E-state index >= 15 is 0 Å². The number of carbonyl (C=O) groups excluding carboxylic acids is 1. The molecule has 0 saturated carbocycles. The van der Waals surface area contributed by atoms with Gasteiger partial charge in [-0.3, -0.25) is 4.79 Å². The molecule has 1 aliphatic rings. The van der Waals surface area contributed by atoms with E-state index in [1.165, 1.54) is 10.4 Å². The predicted molar refractivity (Wildman–Crippen MR) is 124 cm³/mol. The quantitative estimate of drug-likeness (QED) is 0.585. The fraction of sp³-hybridized carbons (Fsp3) is 0.435. The normalized spacial score (nSPS) is 14.8. The van der Waals surface area contributed by atoms with Crippen molar-refractivity contribution in [3.63, 3.8) is 0 Å². The molecule has 1 amide bonds. The number of morpholine rings is 1. The van der Waals surface area contributed by atoms with Gasteiger partial charge in [-0.15, -0.1) is 0 Å². The van der Waals surface area contributed by atoms with Gasteiger partial charge in [-0.2, -0.15) is 4.31 Å². The minimum atomic E-state index is -3.68. The van der Waals surface area contributed by atoms with E-state index < -0.39 is 10.0 Å². The maximum atomic E-state index is 13.1. The first-order valence-electron chi connectivity index (χ1n) is 10.8. The van der Waals surface area contributed by atoms with Crippen molar-refractivity contribution in [2.24, 2.45) is 0 Å². The van der Waals surface area contributed by atoms with Gasteiger partial charge in [0.1, 0.15) is 6.61 Å². The molecule has 0 spiro atoms. The van der Waals surface area contributed by atoms with Gasteiger partial charge in [0.25, 0.3) is 0 Å². The van der Waals surface area contributed by atoms with Crippen LogP contribution < -0.4 is 10.2 Å². The zero-order valence-electron chi connectivity index (χ0n) is 18.6. The van der Waals surface area contributed by atoms with E-state index in [1.54, 1.807) is 12.1 Å². The second-order valence-electron chi connectivity index (χ2n) is 7.39. The van der Waals surface area contributed by atoms with E-state index in [2.05, 4.69) is 10.2 Å². The number of benzene rings is 2. The SMILES string of the molecule is CCN(CC)c1ccc(S(=O)(=O)N2CCOCC2)cc1NC(=O)COCc1ccccc1. The molecule has 1 fully saturated rings. The number of rotatable bonds is 10. The van der Waals surface area contributed by atoms with Gasteiger partial charge in [0.15, 0.2) is 0 Å². The van der Waals surface area contributed by atoms with Crippen LogP contribution in [0.3, 0.4) is 0 Å². The Bertz CT molecular complexity index is 988. The molecule has 1 N–H and O–H groups in total. The minimum absolute atomic E-state index is 0.132. The Hall–Kier alpha value is -2.46. The molecular formula is C23H31N3O5S. The van der Waals surface area contributed by atoms with Crippen LogP contribution >= 0.6 is 0 Å². The van der Waals surface area contributed by atoms with Gasteiger partial charge in [0.2, 0.25) is 15.9 Å². The predicted octanol–water partition coefficient (Wildman–Crippen LogP) is 2.71. The highest BCUT2D eigenvalue weighted by molar-refractivity contribution is 7.89. The highest BCUT2D eigenvalue weighted by Crippen LogP contribution is 2.30. The molecule has 1 heterocycles. The Morgan fingerprint density at radius 2 is 1.78 bits per heavy atom. The lowest BCUT2D eigenvalue weighted by molar-refractivity contribution is -0.121. The van der Waals surface area contributed by atoms with E-state index in [0.29, 0.717) is 38.6 Å². The van der Waals surface area contributed by atoms with Crippen LogP contribution in [0.1, 0.15) is 19.4 Å². The maximum Gasteiger partial charge on any atom is 0.250 e. The fourth-order valence-electron chi connectivity index (χ4n) is 3.57. The van der Waals surface area contributed by atoms with Crippen molar-refractivity contribution in [1.82, 2.24) is 4.31 Å². The Labute approximate surface area is 190 Å². The number of carbonyl (C=O) groups is 1. The average molecular weight is 462 g/mol. The van der Waals surface area contributed by atoms with Crippen LogP contribution in [0.25, 0.3) is 0 Å². The average Bonchev–Trinajstić information content (AvgIpc) is 2.82. The van der Waals surface area contributed by atoms with E-state index in [1.807, 2.05) is 44.2 Å². The molecule has 8 nitrogen and oxygen atoms in total. The highest BCUT2D eigenvalue weighted by Gasteiger charge is 2.27. The molecule has 0 radical (unpaired) electrons. The van der Waals surface area contributed by atoms with Crippen molar-refractivity contribution in [2.75, 3.05) is 56.2 Å². The lowest BCUT2D eigenvalue weighted by Crippen LogP contribution is -2.40. The van der Waals surface area contributed by atoms with Gasteiger partial charge < -0.3 is 19.7 Å². The molecule has 32 heavy (non-hydrogen) atoms. The van der Waals surface area contributed by atoms with Crippen LogP contribution in [0.15, 0.2) is 53.4 Å². The first-order chi connectivity index (χ1) is 15.5.